The van der Waals surface area contributed by atoms with Gasteiger partial charge in [0, 0.05) is 37.5 Å². The molecule has 0 radical (unpaired) electrons. The van der Waals surface area contributed by atoms with E-state index in [0.29, 0.717) is 37.1 Å². The first-order valence-corrected chi connectivity index (χ1v) is 10.4. The molecule has 0 unspecified atom stereocenters. The first-order chi connectivity index (χ1) is 15.8. The Morgan fingerprint density at radius 3 is 2.42 bits per heavy atom. The van der Waals surface area contributed by atoms with Gasteiger partial charge in [-0.25, -0.2) is 23.1 Å². The summed E-state index contributed by atoms with van der Waals surface area (Å²) in [4.78, 5) is 35.4. The number of fused-ring (bicyclic) bond motifs is 1. The molecule has 3 aromatic rings. The highest BCUT2D eigenvalue weighted by Crippen LogP contribution is 2.36. The zero-order valence-corrected chi connectivity index (χ0v) is 17.2. The number of ether oxygens (including phenoxy) is 1. The van der Waals surface area contributed by atoms with Crippen LogP contribution in [0.1, 0.15) is 53.1 Å². The topological polar surface area (TPSA) is 109 Å². The van der Waals surface area contributed by atoms with Crippen molar-refractivity contribution in [3.05, 3.63) is 91.6 Å². The van der Waals surface area contributed by atoms with Crippen LogP contribution < -0.4 is 5.69 Å². The van der Waals surface area contributed by atoms with E-state index in [1.165, 1.54) is 45.6 Å². The maximum atomic E-state index is 13.7. The van der Waals surface area contributed by atoms with Gasteiger partial charge in [0.1, 0.15) is 23.6 Å². The van der Waals surface area contributed by atoms with Crippen LogP contribution in [0, 0.1) is 21.7 Å². The fourth-order valence-corrected chi connectivity index (χ4v) is 4.41. The molecule has 0 spiro atoms. The molecule has 170 valence electrons. The SMILES string of the molecule is O=C(OC1CC(n2nc3n(c2=O)[C@H](c2cc(F)cc(F)c2)CC3)C1)c1ccc([N+](=O)[O-])cc1. The number of aromatic nitrogens is 3. The lowest BCUT2D eigenvalue weighted by atomic mass is 9.89. The highest BCUT2D eigenvalue weighted by molar-refractivity contribution is 5.89. The largest absolute Gasteiger partial charge is 0.459 e. The predicted molar refractivity (Wildman–Crippen MR) is 110 cm³/mol. The molecule has 1 aromatic heterocycles. The van der Waals surface area contributed by atoms with Crippen molar-refractivity contribution in [1.82, 2.24) is 14.3 Å². The standard InChI is InChI=1S/C22H18F2N4O5/c23-14-7-13(8-15(24)9-14)19-5-6-20-25-27(22(30)26(19)20)17-10-18(11-17)33-21(29)12-1-3-16(4-2-12)28(31)32/h1-4,7-9,17-19H,5-6,10-11H2/t17?,18?,19-/m0/s1. The lowest BCUT2D eigenvalue weighted by Gasteiger charge is -2.34. The maximum absolute atomic E-state index is 13.7. The number of hydrogen-bond donors (Lipinski definition) is 0. The minimum absolute atomic E-state index is 0.123. The molecule has 1 aliphatic heterocycles. The van der Waals surface area contributed by atoms with Gasteiger partial charge in [0.25, 0.3) is 5.69 Å². The van der Waals surface area contributed by atoms with Crippen molar-refractivity contribution in [1.29, 1.82) is 0 Å². The van der Waals surface area contributed by atoms with Crippen LogP contribution >= 0.6 is 0 Å². The van der Waals surface area contributed by atoms with E-state index in [-0.39, 0.29) is 23.0 Å². The second-order valence-electron chi connectivity index (χ2n) is 8.23. The molecule has 5 rings (SSSR count). The third-order valence-electron chi connectivity index (χ3n) is 6.13. The number of rotatable bonds is 5. The summed E-state index contributed by atoms with van der Waals surface area (Å²) in [6, 6.07) is 7.62. The van der Waals surface area contributed by atoms with Crippen molar-refractivity contribution < 1.29 is 23.2 Å². The van der Waals surface area contributed by atoms with Gasteiger partial charge >= 0.3 is 11.7 Å². The molecule has 33 heavy (non-hydrogen) atoms. The van der Waals surface area contributed by atoms with Gasteiger partial charge < -0.3 is 4.74 Å². The van der Waals surface area contributed by atoms with Gasteiger partial charge in [-0.1, -0.05) is 0 Å². The van der Waals surface area contributed by atoms with Gasteiger partial charge in [-0.3, -0.25) is 14.7 Å². The Morgan fingerprint density at radius 1 is 1.12 bits per heavy atom. The third kappa shape index (κ3) is 3.79. The number of carbonyl (C=O) groups is 1. The van der Waals surface area contributed by atoms with E-state index in [1.54, 1.807) is 0 Å². The Bertz CT molecular complexity index is 1290. The van der Waals surface area contributed by atoms with Gasteiger partial charge in [-0.05, 0) is 36.2 Å². The van der Waals surface area contributed by atoms with Gasteiger partial charge in [-0.2, -0.15) is 5.10 Å². The Balaban J connectivity index is 1.26. The third-order valence-corrected chi connectivity index (χ3v) is 6.13. The highest BCUT2D eigenvalue weighted by Gasteiger charge is 2.38. The highest BCUT2D eigenvalue weighted by atomic mass is 19.1. The molecule has 2 aromatic carbocycles. The van der Waals surface area contributed by atoms with Crippen LogP contribution in [0.3, 0.4) is 0 Å². The van der Waals surface area contributed by atoms with Crippen molar-refractivity contribution in [2.24, 2.45) is 0 Å². The van der Waals surface area contributed by atoms with Crippen LogP contribution in [0.5, 0.6) is 0 Å². The number of nitrogens with zero attached hydrogens (tertiary/aromatic N) is 4. The number of esters is 1. The number of nitro groups is 1. The minimum atomic E-state index is -0.699. The predicted octanol–water partition coefficient (Wildman–Crippen LogP) is 3.33. The van der Waals surface area contributed by atoms with Crippen LogP contribution in [-0.4, -0.2) is 31.3 Å². The van der Waals surface area contributed by atoms with Crippen LogP contribution in [0.15, 0.2) is 47.3 Å². The Hall–Kier alpha value is -3.89. The van der Waals surface area contributed by atoms with Crippen molar-refractivity contribution in [2.45, 2.75) is 43.9 Å². The van der Waals surface area contributed by atoms with Crippen LogP contribution in [0.25, 0.3) is 0 Å². The minimum Gasteiger partial charge on any atom is -0.459 e. The summed E-state index contributed by atoms with van der Waals surface area (Å²) in [5, 5.41) is 15.1. The summed E-state index contributed by atoms with van der Waals surface area (Å²) in [6.07, 6.45) is 1.43. The van der Waals surface area contributed by atoms with E-state index in [4.69, 9.17) is 4.74 Å². The second-order valence-corrected chi connectivity index (χ2v) is 8.23. The van der Waals surface area contributed by atoms with Gasteiger partial charge in [-0.15, -0.1) is 0 Å². The molecule has 2 aliphatic rings. The number of aryl methyl sites for hydroxylation is 1. The number of benzene rings is 2. The van der Waals surface area contributed by atoms with Gasteiger partial charge in [0.05, 0.1) is 22.6 Å². The fourth-order valence-electron chi connectivity index (χ4n) is 4.41. The van der Waals surface area contributed by atoms with E-state index < -0.39 is 34.7 Å². The average molecular weight is 456 g/mol. The molecule has 1 fully saturated rings. The number of hydrogen-bond acceptors (Lipinski definition) is 6. The molecule has 9 nitrogen and oxygen atoms in total. The quantitative estimate of drug-likeness (QED) is 0.331. The first kappa shape index (κ1) is 21.0. The monoisotopic (exact) mass is 456 g/mol. The lowest BCUT2D eigenvalue weighted by Crippen LogP contribution is -2.40. The average Bonchev–Trinajstić information content (AvgIpc) is 3.30. The van der Waals surface area contributed by atoms with E-state index in [9.17, 15) is 28.5 Å². The Morgan fingerprint density at radius 2 is 1.79 bits per heavy atom. The molecule has 0 bridgehead atoms. The van der Waals surface area contributed by atoms with Crippen LogP contribution in [-0.2, 0) is 11.2 Å². The van der Waals surface area contributed by atoms with Gasteiger partial charge in [0.15, 0.2) is 0 Å². The van der Waals surface area contributed by atoms with E-state index >= 15 is 0 Å². The van der Waals surface area contributed by atoms with Crippen molar-refractivity contribution in [3.8, 4) is 0 Å². The van der Waals surface area contributed by atoms with Crippen LogP contribution in [0.4, 0.5) is 14.5 Å². The molecule has 0 saturated heterocycles. The summed E-state index contributed by atoms with van der Waals surface area (Å²) < 4.78 is 35.6. The molecule has 1 saturated carbocycles. The fraction of sp³-hybridized carbons (Fsp3) is 0.318. The molecule has 2 heterocycles. The summed E-state index contributed by atoms with van der Waals surface area (Å²) in [5.74, 6) is -1.44. The summed E-state index contributed by atoms with van der Waals surface area (Å²) >= 11 is 0. The van der Waals surface area contributed by atoms with E-state index in [0.717, 1.165) is 6.07 Å². The van der Waals surface area contributed by atoms with Crippen LogP contribution in [0.2, 0.25) is 0 Å². The number of non-ortho nitro benzene ring substituents is 1. The number of carbonyl (C=O) groups excluding carboxylic acids is 1. The molecular formula is C22H18F2N4O5. The van der Waals surface area contributed by atoms with Crippen molar-refractivity contribution >= 4 is 11.7 Å². The zero-order chi connectivity index (χ0) is 23.3. The molecule has 1 aliphatic carbocycles. The van der Waals surface area contributed by atoms with Crippen molar-refractivity contribution in [3.63, 3.8) is 0 Å². The van der Waals surface area contributed by atoms with E-state index in [2.05, 4.69) is 5.10 Å². The summed E-state index contributed by atoms with van der Waals surface area (Å²) in [7, 11) is 0. The number of halogens is 2. The molecule has 1 atom stereocenters. The smallest absolute Gasteiger partial charge is 0.346 e. The number of nitro benzene ring substituents is 1. The maximum Gasteiger partial charge on any atom is 0.346 e. The van der Waals surface area contributed by atoms with Crippen molar-refractivity contribution in [2.75, 3.05) is 0 Å². The Kier molecular flexibility index (Phi) is 5.03. The van der Waals surface area contributed by atoms with Gasteiger partial charge in [0.2, 0.25) is 0 Å². The lowest BCUT2D eigenvalue weighted by molar-refractivity contribution is -0.384. The molecular weight excluding hydrogens is 438 g/mol. The second kappa shape index (κ2) is 7.91. The molecule has 11 heteroatoms. The van der Waals surface area contributed by atoms with E-state index in [1.807, 2.05) is 0 Å². The Labute approximate surface area is 185 Å². The summed E-state index contributed by atoms with van der Waals surface area (Å²) in [6.45, 7) is 0. The first-order valence-electron chi connectivity index (χ1n) is 10.4. The summed E-state index contributed by atoms with van der Waals surface area (Å²) in [5.41, 5.74) is 0.104. The normalized spacial score (nSPS) is 21.3. The molecule has 0 N–H and O–H groups in total. The zero-order valence-electron chi connectivity index (χ0n) is 17.2. The molecule has 0 amide bonds.